The van der Waals surface area contributed by atoms with Gasteiger partial charge in [-0.2, -0.15) is 0 Å². The summed E-state index contributed by atoms with van der Waals surface area (Å²) in [5, 5.41) is 9.02. The molecular formula is C8H9ClFNO2. The quantitative estimate of drug-likeness (QED) is 0.728. The average Bonchev–Trinajstić information content (AvgIpc) is 2.11. The number of phenols is 1. The summed E-state index contributed by atoms with van der Waals surface area (Å²) in [7, 11) is 0. The summed E-state index contributed by atoms with van der Waals surface area (Å²) in [4.78, 5) is 0. The molecule has 0 spiro atoms. The van der Waals surface area contributed by atoms with Crippen LogP contribution in [0.3, 0.4) is 0 Å². The first-order chi connectivity index (χ1) is 6.07. The molecule has 13 heavy (non-hydrogen) atoms. The lowest BCUT2D eigenvalue weighted by Gasteiger charge is -2.09. The number of hydrogen-bond acceptors (Lipinski definition) is 3. The molecule has 0 radical (unpaired) electrons. The molecule has 5 heteroatoms. The minimum absolute atomic E-state index is 0.0165. The van der Waals surface area contributed by atoms with Gasteiger partial charge in [-0.15, -0.1) is 0 Å². The van der Waals surface area contributed by atoms with E-state index in [4.69, 9.17) is 27.2 Å². The third-order valence-corrected chi connectivity index (χ3v) is 1.87. The van der Waals surface area contributed by atoms with Crippen LogP contribution in [0.2, 0.25) is 5.02 Å². The summed E-state index contributed by atoms with van der Waals surface area (Å²) in [5.74, 6) is -1.31. The molecule has 1 aromatic rings. The fraction of sp³-hybridized carbons (Fsp3) is 0.250. The number of halogens is 2. The SMILES string of the molecule is CCOc1cc(O)c(F)c(N)c1Cl. The van der Waals surface area contributed by atoms with Crippen molar-refractivity contribution in [1.82, 2.24) is 0 Å². The first kappa shape index (κ1) is 9.92. The smallest absolute Gasteiger partial charge is 0.189 e. The Balaban J connectivity index is 3.24. The first-order valence-electron chi connectivity index (χ1n) is 3.67. The van der Waals surface area contributed by atoms with E-state index in [2.05, 4.69) is 0 Å². The molecule has 3 N–H and O–H groups in total. The fourth-order valence-corrected chi connectivity index (χ4v) is 1.07. The summed E-state index contributed by atoms with van der Waals surface area (Å²) >= 11 is 5.65. The largest absolute Gasteiger partial charge is 0.505 e. The van der Waals surface area contributed by atoms with Gasteiger partial charge in [0.05, 0.1) is 12.3 Å². The maximum Gasteiger partial charge on any atom is 0.189 e. The zero-order valence-corrected chi connectivity index (χ0v) is 7.73. The van der Waals surface area contributed by atoms with E-state index in [1.165, 1.54) is 0 Å². The Hall–Kier alpha value is -1.16. The van der Waals surface area contributed by atoms with Gasteiger partial charge in [-0.05, 0) is 6.92 Å². The second-order valence-electron chi connectivity index (χ2n) is 2.37. The number of hydrogen-bond donors (Lipinski definition) is 2. The van der Waals surface area contributed by atoms with E-state index in [1.54, 1.807) is 6.92 Å². The Morgan fingerprint density at radius 3 is 2.85 bits per heavy atom. The van der Waals surface area contributed by atoms with E-state index in [0.717, 1.165) is 6.07 Å². The van der Waals surface area contributed by atoms with Crippen molar-refractivity contribution in [3.05, 3.63) is 16.9 Å². The first-order valence-corrected chi connectivity index (χ1v) is 4.05. The average molecular weight is 206 g/mol. The van der Waals surface area contributed by atoms with Crippen LogP contribution in [-0.4, -0.2) is 11.7 Å². The molecule has 0 fully saturated rings. The molecule has 0 heterocycles. The van der Waals surface area contributed by atoms with Crippen molar-refractivity contribution in [1.29, 1.82) is 0 Å². The minimum Gasteiger partial charge on any atom is -0.505 e. The zero-order valence-electron chi connectivity index (χ0n) is 6.97. The number of phenolic OH excluding ortho intramolecular Hbond substituents is 1. The molecule has 72 valence electrons. The summed E-state index contributed by atoms with van der Waals surface area (Å²) in [6, 6.07) is 1.09. The highest BCUT2D eigenvalue weighted by Crippen LogP contribution is 2.37. The molecule has 0 aliphatic carbocycles. The molecule has 0 atom stereocenters. The van der Waals surface area contributed by atoms with E-state index in [1.807, 2.05) is 0 Å². The predicted octanol–water partition coefficient (Wildman–Crippen LogP) is 2.17. The molecule has 0 aliphatic heterocycles. The zero-order chi connectivity index (χ0) is 10.0. The lowest BCUT2D eigenvalue weighted by molar-refractivity contribution is 0.336. The predicted molar refractivity (Wildman–Crippen MR) is 48.7 cm³/mol. The Morgan fingerprint density at radius 1 is 1.69 bits per heavy atom. The minimum atomic E-state index is -0.923. The molecule has 0 amide bonds. The van der Waals surface area contributed by atoms with Crippen molar-refractivity contribution in [2.45, 2.75) is 6.92 Å². The van der Waals surface area contributed by atoms with E-state index >= 15 is 0 Å². The fourth-order valence-electron chi connectivity index (χ4n) is 0.878. The molecule has 3 nitrogen and oxygen atoms in total. The number of benzene rings is 1. The van der Waals surface area contributed by atoms with Crippen molar-refractivity contribution in [2.24, 2.45) is 0 Å². The normalized spacial score (nSPS) is 10.1. The summed E-state index contributed by atoms with van der Waals surface area (Å²) in [6.45, 7) is 2.11. The van der Waals surface area contributed by atoms with Crippen molar-refractivity contribution in [3.8, 4) is 11.5 Å². The molecule has 1 aromatic carbocycles. The van der Waals surface area contributed by atoms with Crippen LogP contribution in [0, 0.1) is 5.82 Å². The molecule has 0 bridgehead atoms. The van der Waals surface area contributed by atoms with Crippen molar-refractivity contribution in [2.75, 3.05) is 12.3 Å². The maximum absolute atomic E-state index is 12.9. The third-order valence-electron chi connectivity index (χ3n) is 1.48. The molecule has 0 aromatic heterocycles. The molecular weight excluding hydrogens is 197 g/mol. The molecule has 0 aliphatic rings. The van der Waals surface area contributed by atoms with Crippen LogP contribution >= 0.6 is 11.6 Å². The van der Waals surface area contributed by atoms with Crippen molar-refractivity contribution < 1.29 is 14.2 Å². The van der Waals surface area contributed by atoms with Gasteiger partial charge in [0, 0.05) is 6.07 Å². The van der Waals surface area contributed by atoms with Gasteiger partial charge in [0.25, 0.3) is 0 Å². The van der Waals surface area contributed by atoms with Crippen LogP contribution in [0.4, 0.5) is 10.1 Å². The molecule has 0 saturated heterocycles. The van der Waals surface area contributed by atoms with Gasteiger partial charge in [0.15, 0.2) is 11.6 Å². The van der Waals surface area contributed by atoms with E-state index < -0.39 is 11.6 Å². The van der Waals surface area contributed by atoms with E-state index in [9.17, 15) is 4.39 Å². The molecule has 0 unspecified atom stereocenters. The number of nitrogen functional groups attached to an aromatic ring is 1. The lowest BCUT2D eigenvalue weighted by atomic mass is 10.2. The Morgan fingerprint density at radius 2 is 2.31 bits per heavy atom. The van der Waals surface area contributed by atoms with Gasteiger partial charge in [0.2, 0.25) is 0 Å². The van der Waals surface area contributed by atoms with Crippen LogP contribution in [0.5, 0.6) is 11.5 Å². The second-order valence-corrected chi connectivity index (χ2v) is 2.75. The van der Waals surface area contributed by atoms with E-state index in [0.29, 0.717) is 6.61 Å². The van der Waals surface area contributed by atoms with Crippen LogP contribution in [-0.2, 0) is 0 Å². The maximum atomic E-state index is 12.9. The lowest BCUT2D eigenvalue weighted by Crippen LogP contribution is -1.98. The van der Waals surface area contributed by atoms with Crippen molar-refractivity contribution >= 4 is 17.3 Å². The Kier molecular flexibility index (Phi) is 2.83. The van der Waals surface area contributed by atoms with Crippen LogP contribution in [0.15, 0.2) is 6.07 Å². The van der Waals surface area contributed by atoms with Gasteiger partial charge in [0.1, 0.15) is 10.8 Å². The summed E-state index contributed by atoms with van der Waals surface area (Å²) < 4.78 is 17.9. The Labute approximate surface area is 79.9 Å². The van der Waals surface area contributed by atoms with Crippen LogP contribution < -0.4 is 10.5 Å². The number of nitrogens with two attached hydrogens (primary N) is 1. The summed E-state index contributed by atoms with van der Waals surface area (Å²) in [6.07, 6.45) is 0. The highest BCUT2D eigenvalue weighted by Gasteiger charge is 2.14. The van der Waals surface area contributed by atoms with Gasteiger partial charge in [-0.1, -0.05) is 11.6 Å². The van der Waals surface area contributed by atoms with Crippen LogP contribution in [0.1, 0.15) is 6.92 Å². The number of aromatic hydroxyl groups is 1. The highest BCUT2D eigenvalue weighted by molar-refractivity contribution is 6.34. The topological polar surface area (TPSA) is 55.5 Å². The summed E-state index contributed by atoms with van der Waals surface area (Å²) in [5.41, 5.74) is 4.97. The standard InChI is InChI=1S/C8H9ClFNO2/c1-2-13-5-3-4(12)7(10)8(11)6(5)9/h3,12H,2,11H2,1H3. The molecule has 1 rings (SSSR count). The Bertz CT molecular complexity index is 330. The van der Waals surface area contributed by atoms with E-state index in [-0.39, 0.29) is 16.5 Å². The number of rotatable bonds is 2. The molecule has 0 saturated carbocycles. The van der Waals surface area contributed by atoms with Crippen molar-refractivity contribution in [3.63, 3.8) is 0 Å². The third kappa shape index (κ3) is 1.78. The van der Waals surface area contributed by atoms with Gasteiger partial charge in [-0.25, -0.2) is 4.39 Å². The number of anilines is 1. The van der Waals surface area contributed by atoms with Crippen LogP contribution in [0.25, 0.3) is 0 Å². The van der Waals surface area contributed by atoms with Gasteiger partial charge >= 0.3 is 0 Å². The van der Waals surface area contributed by atoms with Gasteiger partial charge in [-0.3, -0.25) is 0 Å². The van der Waals surface area contributed by atoms with Gasteiger partial charge < -0.3 is 15.6 Å². The second kappa shape index (κ2) is 3.70. The highest BCUT2D eigenvalue weighted by atomic mass is 35.5. The number of ether oxygens (including phenoxy) is 1. The monoisotopic (exact) mass is 205 g/mol.